The third-order valence-electron chi connectivity index (χ3n) is 10.7. The van der Waals surface area contributed by atoms with Crippen molar-refractivity contribution in [2.24, 2.45) is 0 Å². The summed E-state index contributed by atoms with van der Waals surface area (Å²) in [5.74, 6) is -0.390. The van der Waals surface area contributed by atoms with Gasteiger partial charge in [-0.1, -0.05) is 191 Å². The number of aliphatic hydroxyl groups is 2. The summed E-state index contributed by atoms with van der Waals surface area (Å²) in [6.07, 6.45) is 55.0. The lowest BCUT2D eigenvalue weighted by Gasteiger charge is -2.20. The number of unbranched alkanes of at least 4 members (excludes halogenated alkanes) is 26. The third kappa shape index (κ3) is 47.7. The topological polar surface area (TPSA) is 132 Å². The fourth-order valence-electron chi connectivity index (χ4n) is 6.89. The first-order valence-electron chi connectivity index (χ1n) is 25.1. The number of phosphoric acid groups is 1. The maximum Gasteiger partial charge on any atom is 0.472 e. The average molecular weight is 883 g/mol. The smallest absolute Gasteiger partial charge is 0.457 e. The van der Waals surface area contributed by atoms with Gasteiger partial charge in [-0.15, -0.1) is 0 Å². The van der Waals surface area contributed by atoms with Crippen LogP contribution in [-0.2, 0) is 27.9 Å². The summed E-state index contributed by atoms with van der Waals surface area (Å²) >= 11 is 0. The largest absolute Gasteiger partial charge is 0.472 e. The third-order valence-corrected chi connectivity index (χ3v) is 11.7. The molecule has 0 bridgehead atoms. The molecule has 9 nitrogen and oxygen atoms in total. The number of allylic oxidation sites excluding steroid dienone is 8. The zero-order valence-electron chi connectivity index (χ0n) is 39.4. The van der Waals surface area contributed by atoms with Crippen LogP contribution in [0.15, 0.2) is 48.6 Å². The van der Waals surface area contributed by atoms with Crippen LogP contribution in [0.2, 0.25) is 0 Å². The van der Waals surface area contributed by atoms with Gasteiger partial charge in [-0.2, -0.15) is 0 Å². The molecule has 3 N–H and O–H groups in total. The second-order valence-corrected chi connectivity index (χ2v) is 18.3. The van der Waals surface area contributed by atoms with Crippen LogP contribution in [0, 0.1) is 0 Å². The summed E-state index contributed by atoms with van der Waals surface area (Å²) in [4.78, 5) is 22.7. The molecule has 0 amide bonds. The van der Waals surface area contributed by atoms with E-state index in [-0.39, 0.29) is 25.6 Å². The van der Waals surface area contributed by atoms with Crippen molar-refractivity contribution in [1.82, 2.24) is 0 Å². The molecule has 61 heavy (non-hydrogen) atoms. The number of carbonyl (C=O) groups excluding carboxylic acids is 1. The SMILES string of the molecule is CCCCCCC/C=C\C/C=C\C/C=C\CCCCCCCCCOCC(COP(=O)(O)OCC(O)CO)OC(=O)CCCCCCCCC/C=C\CCCCCCCCC. The van der Waals surface area contributed by atoms with Crippen LogP contribution >= 0.6 is 7.82 Å². The quantitative estimate of drug-likeness (QED) is 0.0236. The number of hydrogen-bond acceptors (Lipinski definition) is 8. The van der Waals surface area contributed by atoms with Crippen molar-refractivity contribution >= 4 is 13.8 Å². The molecule has 0 heterocycles. The molecule has 358 valence electrons. The minimum Gasteiger partial charge on any atom is -0.457 e. The van der Waals surface area contributed by atoms with Gasteiger partial charge in [0.25, 0.3) is 0 Å². The first kappa shape index (κ1) is 59.4. The summed E-state index contributed by atoms with van der Waals surface area (Å²) < 4.78 is 33.5. The van der Waals surface area contributed by atoms with Crippen molar-refractivity contribution in [2.45, 2.75) is 238 Å². The van der Waals surface area contributed by atoms with Crippen LogP contribution < -0.4 is 0 Å². The molecule has 0 radical (unpaired) electrons. The van der Waals surface area contributed by atoms with Crippen molar-refractivity contribution < 1.29 is 43.0 Å². The molecule has 0 aliphatic carbocycles. The zero-order chi connectivity index (χ0) is 44.6. The molecule has 0 aromatic carbocycles. The Bertz CT molecular complexity index is 1090. The van der Waals surface area contributed by atoms with E-state index in [9.17, 15) is 19.4 Å². The molecule has 0 rings (SSSR count). The summed E-state index contributed by atoms with van der Waals surface area (Å²) in [6.45, 7) is 3.50. The highest BCUT2D eigenvalue weighted by Crippen LogP contribution is 2.43. The normalized spacial score (nSPS) is 14.2. The van der Waals surface area contributed by atoms with Crippen molar-refractivity contribution in [3.05, 3.63) is 48.6 Å². The molecule has 0 aliphatic rings. The average Bonchev–Trinajstić information content (AvgIpc) is 3.25. The van der Waals surface area contributed by atoms with Crippen LogP contribution in [0.4, 0.5) is 0 Å². The summed E-state index contributed by atoms with van der Waals surface area (Å²) in [6, 6.07) is 0. The molecule has 0 aliphatic heterocycles. The first-order chi connectivity index (χ1) is 29.8. The second-order valence-electron chi connectivity index (χ2n) is 16.8. The molecular formula is C51H95O9P. The molecule has 0 aromatic rings. The van der Waals surface area contributed by atoms with Gasteiger partial charge in [0.1, 0.15) is 12.2 Å². The van der Waals surface area contributed by atoms with Gasteiger partial charge in [0.15, 0.2) is 0 Å². The number of phosphoric ester groups is 1. The van der Waals surface area contributed by atoms with Crippen LogP contribution in [0.1, 0.15) is 226 Å². The fraction of sp³-hybridized carbons (Fsp3) is 0.824. The van der Waals surface area contributed by atoms with E-state index in [0.29, 0.717) is 6.61 Å². The fourth-order valence-corrected chi connectivity index (χ4v) is 7.68. The van der Waals surface area contributed by atoms with Crippen LogP contribution in [0.5, 0.6) is 0 Å². The Labute approximate surface area is 375 Å². The van der Waals surface area contributed by atoms with E-state index >= 15 is 0 Å². The van der Waals surface area contributed by atoms with E-state index in [4.69, 9.17) is 23.6 Å². The van der Waals surface area contributed by atoms with Crippen molar-refractivity contribution in [2.75, 3.05) is 33.0 Å². The maximum atomic E-state index is 12.7. The Morgan fingerprint density at radius 3 is 1.34 bits per heavy atom. The van der Waals surface area contributed by atoms with E-state index in [1.54, 1.807) is 0 Å². The Hall–Kier alpha value is -1.58. The molecule has 3 unspecified atom stereocenters. The standard InChI is InChI=1S/C51H95O9P/c1-3-5-7-9-11-13-15-17-19-21-23-24-25-26-28-30-32-34-36-38-40-42-44-57-47-50(48-59-61(55,56)58-46-49(53)45-52)60-51(54)43-41-39-37-35-33-31-29-27-22-20-18-16-14-12-10-8-6-4-2/h15,17,20-23,25-26,49-50,52-53H,3-14,16,18-19,24,27-48H2,1-2H3,(H,55,56)/b17-15-,22-20-,23-21-,26-25-. The van der Waals surface area contributed by atoms with Gasteiger partial charge < -0.3 is 24.6 Å². The molecule has 3 atom stereocenters. The van der Waals surface area contributed by atoms with Crippen LogP contribution in [0.25, 0.3) is 0 Å². The molecule has 0 aromatic heterocycles. The lowest BCUT2D eigenvalue weighted by molar-refractivity contribution is -0.154. The highest BCUT2D eigenvalue weighted by atomic mass is 31.2. The number of aliphatic hydroxyl groups excluding tert-OH is 2. The molecule has 0 spiro atoms. The zero-order valence-corrected chi connectivity index (χ0v) is 40.3. The van der Waals surface area contributed by atoms with E-state index in [1.807, 2.05) is 0 Å². The van der Waals surface area contributed by atoms with Gasteiger partial charge >= 0.3 is 13.8 Å². The van der Waals surface area contributed by atoms with Gasteiger partial charge in [0.05, 0.1) is 26.4 Å². The summed E-state index contributed by atoms with van der Waals surface area (Å²) in [5, 5.41) is 18.4. The highest BCUT2D eigenvalue weighted by Gasteiger charge is 2.26. The monoisotopic (exact) mass is 883 g/mol. The van der Waals surface area contributed by atoms with Crippen molar-refractivity contribution in [3.8, 4) is 0 Å². The molecule has 0 fully saturated rings. The van der Waals surface area contributed by atoms with E-state index in [2.05, 4.69) is 62.5 Å². The number of rotatable bonds is 48. The number of carbonyl (C=O) groups is 1. The van der Waals surface area contributed by atoms with E-state index in [1.165, 1.54) is 135 Å². The second kappa shape index (κ2) is 47.9. The van der Waals surface area contributed by atoms with Gasteiger partial charge in [-0.05, 0) is 77.0 Å². The van der Waals surface area contributed by atoms with Gasteiger partial charge in [0.2, 0.25) is 0 Å². The van der Waals surface area contributed by atoms with Gasteiger partial charge in [-0.25, -0.2) is 4.57 Å². The predicted molar refractivity (Wildman–Crippen MR) is 256 cm³/mol. The Kier molecular flexibility index (Phi) is 46.6. The maximum absolute atomic E-state index is 12.7. The van der Waals surface area contributed by atoms with Crippen molar-refractivity contribution in [1.29, 1.82) is 0 Å². The number of hydrogen-bond donors (Lipinski definition) is 3. The van der Waals surface area contributed by atoms with E-state index in [0.717, 1.165) is 70.6 Å². The van der Waals surface area contributed by atoms with Crippen molar-refractivity contribution in [3.63, 3.8) is 0 Å². The Morgan fingerprint density at radius 2 is 0.885 bits per heavy atom. The summed E-state index contributed by atoms with van der Waals surface area (Å²) in [7, 11) is -4.53. The predicted octanol–water partition coefficient (Wildman–Crippen LogP) is 14.5. The van der Waals surface area contributed by atoms with E-state index < -0.39 is 33.2 Å². The lowest BCUT2D eigenvalue weighted by atomic mass is 10.1. The number of esters is 1. The van der Waals surface area contributed by atoms with Crippen LogP contribution in [0.3, 0.4) is 0 Å². The Morgan fingerprint density at radius 1 is 0.508 bits per heavy atom. The highest BCUT2D eigenvalue weighted by molar-refractivity contribution is 7.47. The van der Waals surface area contributed by atoms with Crippen LogP contribution in [-0.4, -0.2) is 66.3 Å². The molecule has 10 heteroatoms. The van der Waals surface area contributed by atoms with Gasteiger partial charge in [0, 0.05) is 13.0 Å². The minimum absolute atomic E-state index is 0.0406. The first-order valence-corrected chi connectivity index (χ1v) is 26.6. The lowest BCUT2D eigenvalue weighted by Crippen LogP contribution is -2.29. The molecular weight excluding hydrogens is 788 g/mol. The number of ether oxygens (including phenoxy) is 2. The molecule has 0 saturated heterocycles. The Balaban J connectivity index is 4.12. The van der Waals surface area contributed by atoms with Gasteiger partial charge in [-0.3, -0.25) is 13.8 Å². The summed E-state index contributed by atoms with van der Waals surface area (Å²) in [5.41, 5.74) is 0. The molecule has 0 saturated carbocycles. The minimum atomic E-state index is -4.53.